The largest absolute Gasteiger partial charge is 0.409 e. The van der Waals surface area contributed by atoms with Gasteiger partial charge in [-0.2, -0.15) is 0 Å². The second-order valence-electron chi connectivity index (χ2n) is 4.63. The van der Waals surface area contributed by atoms with Crippen LogP contribution < -0.4 is 5.73 Å². The normalized spacial score (nSPS) is 22.1. The first-order valence-corrected chi connectivity index (χ1v) is 6.16. The van der Waals surface area contributed by atoms with Gasteiger partial charge in [-0.05, 0) is 37.1 Å². The Labute approximate surface area is 106 Å². The van der Waals surface area contributed by atoms with Gasteiger partial charge >= 0.3 is 0 Å². The Morgan fingerprint density at radius 3 is 2.78 bits per heavy atom. The first-order valence-electron chi connectivity index (χ1n) is 6.16. The van der Waals surface area contributed by atoms with Crippen LogP contribution in [0.4, 0.5) is 4.39 Å². The maximum Gasteiger partial charge on any atom is 0.156 e. The molecule has 98 valence electrons. The van der Waals surface area contributed by atoms with Gasteiger partial charge in [-0.3, -0.25) is 4.90 Å². The molecule has 0 saturated carbocycles. The van der Waals surface area contributed by atoms with Crippen molar-refractivity contribution in [1.29, 1.82) is 0 Å². The van der Waals surface area contributed by atoms with Gasteiger partial charge in [-0.15, -0.1) is 0 Å². The number of likely N-dealkylation sites (tertiary alicyclic amines) is 1. The van der Waals surface area contributed by atoms with Crippen molar-refractivity contribution in [2.75, 3.05) is 6.54 Å². The number of amidine groups is 1. The molecule has 1 unspecified atom stereocenters. The van der Waals surface area contributed by atoms with E-state index in [-0.39, 0.29) is 17.7 Å². The summed E-state index contributed by atoms with van der Waals surface area (Å²) < 4.78 is 12.8. The SMILES string of the molecule is NC(=NO)C1CCCCN1Cc1ccc(F)cc1. The lowest BCUT2D eigenvalue weighted by Crippen LogP contribution is -2.47. The molecule has 1 aliphatic rings. The van der Waals surface area contributed by atoms with Gasteiger partial charge in [0.1, 0.15) is 5.82 Å². The van der Waals surface area contributed by atoms with Crippen molar-refractivity contribution in [2.45, 2.75) is 31.8 Å². The van der Waals surface area contributed by atoms with E-state index >= 15 is 0 Å². The highest BCUT2D eigenvalue weighted by Gasteiger charge is 2.25. The predicted molar refractivity (Wildman–Crippen MR) is 67.9 cm³/mol. The molecule has 1 aromatic rings. The fraction of sp³-hybridized carbons (Fsp3) is 0.462. The fourth-order valence-electron chi connectivity index (χ4n) is 2.41. The Morgan fingerprint density at radius 1 is 1.39 bits per heavy atom. The van der Waals surface area contributed by atoms with Gasteiger partial charge in [0, 0.05) is 6.54 Å². The van der Waals surface area contributed by atoms with Gasteiger partial charge < -0.3 is 10.9 Å². The summed E-state index contributed by atoms with van der Waals surface area (Å²) in [5, 5.41) is 11.9. The Bertz CT molecular complexity index is 419. The number of benzene rings is 1. The van der Waals surface area contributed by atoms with Crippen LogP contribution in [0.1, 0.15) is 24.8 Å². The standard InChI is InChI=1S/C13H18FN3O/c14-11-6-4-10(5-7-11)9-17-8-2-1-3-12(17)13(15)16-18/h4-7,12,18H,1-3,8-9H2,(H2,15,16). The van der Waals surface area contributed by atoms with Crippen LogP contribution in [0.5, 0.6) is 0 Å². The average molecular weight is 251 g/mol. The zero-order valence-electron chi connectivity index (χ0n) is 10.2. The number of hydrogen-bond donors (Lipinski definition) is 2. The zero-order valence-corrected chi connectivity index (χ0v) is 10.2. The molecule has 0 aromatic heterocycles. The molecule has 1 aromatic carbocycles. The summed E-state index contributed by atoms with van der Waals surface area (Å²) in [5.74, 6) is 0.0298. The summed E-state index contributed by atoms with van der Waals surface area (Å²) in [5.41, 5.74) is 6.75. The van der Waals surface area contributed by atoms with Gasteiger partial charge in [0.2, 0.25) is 0 Å². The lowest BCUT2D eigenvalue weighted by Gasteiger charge is -2.34. The Morgan fingerprint density at radius 2 is 2.11 bits per heavy atom. The van der Waals surface area contributed by atoms with Crippen molar-refractivity contribution in [3.8, 4) is 0 Å². The third kappa shape index (κ3) is 2.98. The number of halogens is 1. The van der Waals surface area contributed by atoms with Gasteiger partial charge in [0.05, 0.1) is 6.04 Å². The lowest BCUT2D eigenvalue weighted by molar-refractivity contribution is 0.178. The summed E-state index contributed by atoms with van der Waals surface area (Å²) >= 11 is 0. The van der Waals surface area contributed by atoms with Crippen LogP contribution >= 0.6 is 0 Å². The molecule has 4 nitrogen and oxygen atoms in total. The maximum atomic E-state index is 12.8. The van der Waals surface area contributed by atoms with Gasteiger partial charge in [0.15, 0.2) is 5.84 Å². The van der Waals surface area contributed by atoms with Gasteiger partial charge in [-0.25, -0.2) is 4.39 Å². The summed E-state index contributed by atoms with van der Waals surface area (Å²) in [6.45, 7) is 1.61. The molecule has 1 aliphatic heterocycles. The number of nitrogens with two attached hydrogens (primary N) is 1. The lowest BCUT2D eigenvalue weighted by atomic mass is 10.0. The predicted octanol–water partition coefficient (Wildman–Crippen LogP) is 1.93. The second-order valence-corrected chi connectivity index (χ2v) is 4.63. The molecular formula is C13H18FN3O. The minimum atomic E-state index is -0.231. The molecule has 0 radical (unpaired) electrons. The molecule has 2 rings (SSSR count). The average Bonchev–Trinajstić information content (AvgIpc) is 2.41. The maximum absolute atomic E-state index is 12.8. The second kappa shape index (κ2) is 5.82. The fourth-order valence-corrected chi connectivity index (χ4v) is 2.41. The minimum Gasteiger partial charge on any atom is -0.409 e. The van der Waals surface area contributed by atoms with E-state index in [9.17, 15) is 4.39 Å². The van der Waals surface area contributed by atoms with Crippen molar-refractivity contribution < 1.29 is 9.60 Å². The summed E-state index contributed by atoms with van der Waals surface area (Å²) in [6.07, 6.45) is 3.09. The molecule has 18 heavy (non-hydrogen) atoms. The molecule has 0 bridgehead atoms. The molecule has 5 heteroatoms. The molecule has 3 N–H and O–H groups in total. The third-order valence-corrected chi connectivity index (χ3v) is 3.37. The van der Waals surface area contributed by atoms with Crippen LogP contribution in [0.3, 0.4) is 0 Å². The van der Waals surface area contributed by atoms with E-state index in [4.69, 9.17) is 10.9 Å². The smallest absolute Gasteiger partial charge is 0.156 e. The summed E-state index contributed by atoms with van der Waals surface area (Å²) in [6, 6.07) is 6.43. The zero-order chi connectivity index (χ0) is 13.0. The van der Waals surface area contributed by atoms with Crippen LogP contribution in [0.15, 0.2) is 29.4 Å². The van der Waals surface area contributed by atoms with Gasteiger partial charge in [0.25, 0.3) is 0 Å². The monoisotopic (exact) mass is 251 g/mol. The van der Waals surface area contributed by atoms with E-state index in [0.717, 1.165) is 31.4 Å². The topological polar surface area (TPSA) is 61.9 Å². The minimum absolute atomic E-state index is 0.0196. The molecular weight excluding hydrogens is 233 g/mol. The molecule has 0 aliphatic carbocycles. The third-order valence-electron chi connectivity index (χ3n) is 3.37. The highest BCUT2D eigenvalue weighted by atomic mass is 19.1. The first kappa shape index (κ1) is 12.8. The Kier molecular flexibility index (Phi) is 4.15. The number of rotatable bonds is 3. The number of nitrogens with zero attached hydrogens (tertiary/aromatic N) is 2. The Hall–Kier alpha value is -1.62. The van der Waals surface area contributed by atoms with Crippen molar-refractivity contribution in [3.05, 3.63) is 35.6 Å². The molecule has 1 saturated heterocycles. The van der Waals surface area contributed by atoms with Crippen LogP contribution in [-0.2, 0) is 6.54 Å². The van der Waals surface area contributed by atoms with E-state index in [1.54, 1.807) is 12.1 Å². The van der Waals surface area contributed by atoms with Crippen LogP contribution in [0.25, 0.3) is 0 Å². The molecule has 0 amide bonds. The van der Waals surface area contributed by atoms with Crippen molar-refractivity contribution >= 4 is 5.84 Å². The quantitative estimate of drug-likeness (QED) is 0.373. The van der Waals surface area contributed by atoms with E-state index in [0.29, 0.717) is 6.54 Å². The van der Waals surface area contributed by atoms with Crippen LogP contribution in [0.2, 0.25) is 0 Å². The molecule has 1 fully saturated rings. The highest BCUT2D eigenvalue weighted by molar-refractivity contribution is 5.85. The molecule has 1 heterocycles. The molecule has 1 atom stereocenters. The number of piperidine rings is 1. The van der Waals surface area contributed by atoms with Crippen molar-refractivity contribution in [1.82, 2.24) is 4.90 Å². The van der Waals surface area contributed by atoms with Crippen LogP contribution in [0, 0.1) is 5.82 Å². The van der Waals surface area contributed by atoms with E-state index in [1.165, 1.54) is 12.1 Å². The van der Waals surface area contributed by atoms with Crippen LogP contribution in [-0.4, -0.2) is 28.5 Å². The Balaban J connectivity index is 2.07. The van der Waals surface area contributed by atoms with Crippen molar-refractivity contribution in [2.24, 2.45) is 10.9 Å². The number of oxime groups is 1. The molecule has 0 spiro atoms. The summed E-state index contributed by atoms with van der Waals surface area (Å²) in [7, 11) is 0. The van der Waals surface area contributed by atoms with E-state index in [2.05, 4.69) is 10.1 Å². The van der Waals surface area contributed by atoms with Crippen molar-refractivity contribution in [3.63, 3.8) is 0 Å². The highest BCUT2D eigenvalue weighted by Crippen LogP contribution is 2.20. The number of hydrogen-bond acceptors (Lipinski definition) is 3. The van der Waals surface area contributed by atoms with E-state index in [1.807, 2.05) is 0 Å². The van der Waals surface area contributed by atoms with E-state index < -0.39 is 0 Å². The van der Waals surface area contributed by atoms with Gasteiger partial charge in [-0.1, -0.05) is 23.7 Å². The summed E-state index contributed by atoms with van der Waals surface area (Å²) in [4.78, 5) is 2.17. The first-order chi connectivity index (χ1) is 8.70.